The fourth-order valence-corrected chi connectivity index (χ4v) is 2.92. The molecule has 0 aliphatic carbocycles. The number of thiazole rings is 1. The van der Waals surface area contributed by atoms with Crippen LogP contribution in [0.1, 0.15) is 6.42 Å². The van der Waals surface area contributed by atoms with Gasteiger partial charge in [-0.05, 0) is 18.2 Å². The van der Waals surface area contributed by atoms with E-state index in [0.29, 0.717) is 19.0 Å². The van der Waals surface area contributed by atoms with E-state index in [1.54, 1.807) is 0 Å². The summed E-state index contributed by atoms with van der Waals surface area (Å²) in [4.78, 5) is 8.70. The van der Waals surface area contributed by atoms with Gasteiger partial charge in [0.25, 0.3) is 0 Å². The normalized spacial score (nSPS) is 13.9. The highest BCUT2D eigenvalue weighted by Gasteiger charge is 2.14. The van der Waals surface area contributed by atoms with Crippen LogP contribution in [-0.2, 0) is 0 Å². The molecular weight excluding hydrogens is 288 g/mol. The minimum atomic E-state index is 0.677. The second-order valence-electron chi connectivity index (χ2n) is 4.58. The molecule has 0 spiro atoms. The highest BCUT2D eigenvalue weighted by atomic mass is 32.1. The lowest BCUT2D eigenvalue weighted by Gasteiger charge is -2.08. The molecule has 0 saturated carbocycles. The van der Waals surface area contributed by atoms with E-state index >= 15 is 0 Å². The first kappa shape index (κ1) is 12.3. The number of hydrogen-bond donors (Lipinski definition) is 1. The lowest BCUT2D eigenvalue weighted by molar-refractivity contribution is 0.297. The average Bonchev–Trinajstić information content (AvgIpc) is 3.14. The second kappa shape index (κ2) is 5.17. The van der Waals surface area contributed by atoms with Gasteiger partial charge in [-0.15, -0.1) is 11.3 Å². The fraction of sp³-hybridized carbons (Fsp3) is 0.214. The van der Waals surface area contributed by atoms with Crippen LogP contribution in [0.15, 0.2) is 29.9 Å². The molecule has 3 heterocycles. The molecule has 7 heteroatoms. The molecule has 0 saturated heterocycles. The van der Waals surface area contributed by atoms with Crippen molar-refractivity contribution in [3.8, 4) is 33.6 Å². The van der Waals surface area contributed by atoms with E-state index in [9.17, 15) is 0 Å². The number of aromatic nitrogens is 4. The van der Waals surface area contributed by atoms with E-state index < -0.39 is 0 Å². The first-order valence-corrected chi connectivity index (χ1v) is 7.49. The number of nitrogens with one attached hydrogen (secondary N) is 1. The molecule has 0 amide bonds. The number of rotatable bonds is 2. The van der Waals surface area contributed by atoms with Crippen LogP contribution in [0.4, 0.5) is 0 Å². The van der Waals surface area contributed by atoms with Crippen LogP contribution in [0.25, 0.3) is 22.1 Å². The molecule has 1 aliphatic rings. The molecule has 3 aromatic rings. The predicted molar refractivity (Wildman–Crippen MR) is 78.5 cm³/mol. The molecular formula is C14H12N4O2S. The third-order valence-electron chi connectivity index (χ3n) is 3.17. The van der Waals surface area contributed by atoms with Gasteiger partial charge in [-0.3, -0.25) is 5.10 Å². The molecule has 6 nitrogen and oxygen atoms in total. The predicted octanol–water partition coefficient (Wildman–Crippen LogP) is 2.76. The number of aromatic amines is 1. The minimum Gasteiger partial charge on any atom is -0.490 e. The molecule has 21 heavy (non-hydrogen) atoms. The maximum Gasteiger partial charge on any atom is 0.184 e. The third-order valence-corrected chi connectivity index (χ3v) is 4.01. The van der Waals surface area contributed by atoms with E-state index in [1.165, 1.54) is 17.7 Å². The Morgan fingerprint density at radius 2 is 2.05 bits per heavy atom. The first-order chi connectivity index (χ1) is 10.4. The van der Waals surface area contributed by atoms with Gasteiger partial charge in [0.2, 0.25) is 0 Å². The van der Waals surface area contributed by atoms with Gasteiger partial charge in [0, 0.05) is 17.4 Å². The summed E-state index contributed by atoms with van der Waals surface area (Å²) in [6.45, 7) is 1.37. The Kier molecular flexibility index (Phi) is 3.04. The SMILES string of the molecule is c1n[nH]c(-c2nc(-c3ccc4c(c3)OCCCO4)cs2)n1. The number of ether oxygens (including phenoxy) is 2. The number of H-pyrrole nitrogens is 1. The maximum absolute atomic E-state index is 5.71. The van der Waals surface area contributed by atoms with E-state index in [0.717, 1.165) is 34.2 Å². The molecule has 0 fully saturated rings. The Bertz CT molecular complexity index is 754. The van der Waals surface area contributed by atoms with Gasteiger partial charge < -0.3 is 9.47 Å². The van der Waals surface area contributed by atoms with E-state index in [4.69, 9.17) is 9.47 Å². The lowest BCUT2D eigenvalue weighted by atomic mass is 10.1. The monoisotopic (exact) mass is 300 g/mol. The Labute approximate surface area is 124 Å². The number of hydrogen-bond acceptors (Lipinski definition) is 6. The highest BCUT2D eigenvalue weighted by Crippen LogP contribution is 2.35. The molecule has 0 unspecified atom stereocenters. The fourth-order valence-electron chi connectivity index (χ4n) is 2.15. The molecule has 0 atom stereocenters. The lowest BCUT2D eigenvalue weighted by Crippen LogP contribution is -1.97. The molecule has 1 N–H and O–H groups in total. The topological polar surface area (TPSA) is 72.9 Å². The summed E-state index contributed by atoms with van der Waals surface area (Å²) in [7, 11) is 0. The van der Waals surface area contributed by atoms with Gasteiger partial charge >= 0.3 is 0 Å². The van der Waals surface area contributed by atoms with Crippen molar-refractivity contribution in [3.05, 3.63) is 29.9 Å². The van der Waals surface area contributed by atoms with Crippen LogP contribution >= 0.6 is 11.3 Å². The van der Waals surface area contributed by atoms with Crippen LogP contribution in [0.3, 0.4) is 0 Å². The summed E-state index contributed by atoms with van der Waals surface area (Å²) < 4.78 is 11.3. The number of benzene rings is 1. The van der Waals surface area contributed by atoms with Crippen molar-refractivity contribution in [2.75, 3.05) is 13.2 Å². The van der Waals surface area contributed by atoms with Crippen LogP contribution in [0.5, 0.6) is 11.5 Å². The number of nitrogens with zero attached hydrogens (tertiary/aromatic N) is 3. The van der Waals surface area contributed by atoms with Gasteiger partial charge in [-0.1, -0.05) is 0 Å². The van der Waals surface area contributed by atoms with Crippen molar-refractivity contribution in [2.24, 2.45) is 0 Å². The summed E-state index contributed by atoms with van der Waals surface area (Å²) in [5.74, 6) is 2.25. The molecule has 106 valence electrons. The highest BCUT2D eigenvalue weighted by molar-refractivity contribution is 7.13. The van der Waals surface area contributed by atoms with Crippen molar-refractivity contribution in [2.45, 2.75) is 6.42 Å². The van der Waals surface area contributed by atoms with Crippen molar-refractivity contribution < 1.29 is 9.47 Å². The van der Waals surface area contributed by atoms with Crippen molar-refractivity contribution in [1.29, 1.82) is 0 Å². The van der Waals surface area contributed by atoms with Crippen LogP contribution in [-0.4, -0.2) is 33.4 Å². The van der Waals surface area contributed by atoms with Crippen molar-refractivity contribution in [1.82, 2.24) is 20.2 Å². The molecule has 1 aliphatic heterocycles. The zero-order chi connectivity index (χ0) is 14.1. The van der Waals surface area contributed by atoms with Crippen LogP contribution in [0, 0.1) is 0 Å². The molecule has 0 bridgehead atoms. The summed E-state index contributed by atoms with van der Waals surface area (Å²) in [5, 5.41) is 9.47. The third kappa shape index (κ3) is 2.36. The van der Waals surface area contributed by atoms with Gasteiger partial charge in [0.05, 0.1) is 18.9 Å². The van der Waals surface area contributed by atoms with Gasteiger partial charge in [-0.25, -0.2) is 9.97 Å². The second-order valence-corrected chi connectivity index (χ2v) is 5.44. The van der Waals surface area contributed by atoms with E-state index in [-0.39, 0.29) is 0 Å². The zero-order valence-electron chi connectivity index (χ0n) is 11.1. The minimum absolute atomic E-state index is 0.677. The average molecular weight is 300 g/mol. The van der Waals surface area contributed by atoms with Crippen molar-refractivity contribution >= 4 is 11.3 Å². The number of fused-ring (bicyclic) bond motifs is 1. The van der Waals surface area contributed by atoms with Crippen LogP contribution < -0.4 is 9.47 Å². The van der Waals surface area contributed by atoms with Gasteiger partial charge in [0.15, 0.2) is 22.3 Å². The van der Waals surface area contributed by atoms with Gasteiger partial charge in [-0.2, -0.15) is 5.10 Å². The standard InChI is InChI=1S/C14H12N4O2S/c1-4-19-11-3-2-9(6-12(11)20-5-1)10-7-21-14(17-10)13-15-8-16-18-13/h2-3,6-8H,1,4-5H2,(H,15,16,18). The Hall–Kier alpha value is -2.41. The zero-order valence-corrected chi connectivity index (χ0v) is 11.9. The largest absolute Gasteiger partial charge is 0.490 e. The first-order valence-electron chi connectivity index (χ1n) is 6.61. The molecule has 1 aromatic carbocycles. The van der Waals surface area contributed by atoms with Crippen molar-refractivity contribution in [3.63, 3.8) is 0 Å². The smallest absolute Gasteiger partial charge is 0.184 e. The summed E-state index contributed by atoms with van der Waals surface area (Å²) in [5.41, 5.74) is 1.89. The Balaban J connectivity index is 1.69. The maximum atomic E-state index is 5.71. The van der Waals surface area contributed by atoms with E-state index in [2.05, 4.69) is 20.2 Å². The molecule has 2 aromatic heterocycles. The molecule has 4 rings (SSSR count). The Morgan fingerprint density at radius 1 is 1.14 bits per heavy atom. The Morgan fingerprint density at radius 3 is 2.90 bits per heavy atom. The summed E-state index contributed by atoms with van der Waals surface area (Å²) >= 11 is 1.53. The molecule has 0 radical (unpaired) electrons. The van der Waals surface area contributed by atoms with Crippen LogP contribution in [0.2, 0.25) is 0 Å². The van der Waals surface area contributed by atoms with E-state index in [1.807, 2.05) is 23.6 Å². The summed E-state index contributed by atoms with van der Waals surface area (Å²) in [6, 6.07) is 5.90. The summed E-state index contributed by atoms with van der Waals surface area (Å²) in [6.07, 6.45) is 2.38. The van der Waals surface area contributed by atoms with Gasteiger partial charge in [0.1, 0.15) is 6.33 Å². The quantitative estimate of drug-likeness (QED) is 0.788.